The van der Waals surface area contributed by atoms with Gasteiger partial charge in [-0.05, 0) is 12.1 Å². The summed E-state index contributed by atoms with van der Waals surface area (Å²) in [5, 5.41) is 2.46. The SMILES string of the molecule is CC1(C)COC(=O)N[C@H]1c1c(F)cccc1F. The van der Waals surface area contributed by atoms with Gasteiger partial charge in [-0.1, -0.05) is 19.9 Å². The first-order valence-corrected chi connectivity index (χ1v) is 5.29. The highest BCUT2D eigenvalue weighted by Crippen LogP contribution is 2.38. The van der Waals surface area contributed by atoms with Gasteiger partial charge < -0.3 is 10.1 Å². The van der Waals surface area contributed by atoms with E-state index in [4.69, 9.17) is 4.74 Å². The molecule has 0 spiro atoms. The van der Waals surface area contributed by atoms with Crippen LogP contribution in [0.1, 0.15) is 25.5 Å². The summed E-state index contributed by atoms with van der Waals surface area (Å²) in [7, 11) is 0. The molecule has 1 aliphatic heterocycles. The van der Waals surface area contributed by atoms with Crippen molar-refractivity contribution in [3.05, 3.63) is 35.4 Å². The predicted octanol–water partition coefficient (Wildman–Crippen LogP) is 2.77. The lowest BCUT2D eigenvalue weighted by Gasteiger charge is -2.38. The van der Waals surface area contributed by atoms with E-state index in [9.17, 15) is 13.6 Å². The maximum Gasteiger partial charge on any atom is 0.407 e. The fourth-order valence-electron chi connectivity index (χ4n) is 1.94. The van der Waals surface area contributed by atoms with Gasteiger partial charge in [0, 0.05) is 11.0 Å². The van der Waals surface area contributed by atoms with E-state index in [0.717, 1.165) is 0 Å². The van der Waals surface area contributed by atoms with Crippen molar-refractivity contribution >= 4 is 6.09 Å². The molecule has 1 saturated heterocycles. The molecular formula is C12H13F2NO2. The largest absolute Gasteiger partial charge is 0.449 e. The maximum absolute atomic E-state index is 13.7. The normalized spacial score (nSPS) is 22.8. The van der Waals surface area contributed by atoms with Gasteiger partial charge in [0.15, 0.2) is 0 Å². The first-order valence-electron chi connectivity index (χ1n) is 5.29. The number of ether oxygens (including phenoxy) is 1. The Labute approximate surface area is 97.8 Å². The molecule has 0 radical (unpaired) electrons. The van der Waals surface area contributed by atoms with Crippen molar-refractivity contribution in [1.29, 1.82) is 0 Å². The summed E-state index contributed by atoms with van der Waals surface area (Å²) >= 11 is 0. The Morgan fingerprint density at radius 2 is 1.94 bits per heavy atom. The second kappa shape index (κ2) is 3.98. The van der Waals surface area contributed by atoms with Gasteiger partial charge in [0.2, 0.25) is 0 Å². The van der Waals surface area contributed by atoms with Crippen molar-refractivity contribution in [1.82, 2.24) is 5.32 Å². The number of halogens is 2. The second-order valence-corrected chi connectivity index (χ2v) is 4.78. The van der Waals surface area contributed by atoms with Crippen LogP contribution in [0.3, 0.4) is 0 Å². The van der Waals surface area contributed by atoms with Crippen molar-refractivity contribution in [3.63, 3.8) is 0 Å². The lowest BCUT2D eigenvalue weighted by molar-refractivity contribution is 0.0367. The van der Waals surface area contributed by atoms with Crippen LogP contribution in [0.2, 0.25) is 0 Å². The number of carbonyl (C=O) groups is 1. The average Bonchev–Trinajstić information content (AvgIpc) is 2.23. The molecule has 1 atom stereocenters. The van der Waals surface area contributed by atoms with E-state index >= 15 is 0 Å². The number of benzene rings is 1. The van der Waals surface area contributed by atoms with Crippen LogP contribution in [-0.2, 0) is 4.74 Å². The minimum atomic E-state index is -0.732. The highest BCUT2D eigenvalue weighted by Gasteiger charge is 2.40. The summed E-state index contributed by atoms with van der Waals surface area (Å²) in [5.74, 6) is -1.32. The second-order valence-electron chi connectivity index (χ2n) is 4.78. The van der Waals surface area contributed by atoms with Crippen LogP contribution in [-0.4, -0.2) is 12.7 Å². The van der Waals surface area contributed by atoms with E-state index in [1.807, 2.05) is 0 Å². The van der Waals surface area contributed by atoms with E-state index in [2.05, 4.69) is 5.32 Å². The van der Waals surface area contributed by atoms with Gasteiger partial charge in [-0.2, -0.15) is 0 Å². The molecule has 17 heavy (non-hydrogen) atoms. The number of cyclic esters (lactones) is 1. The zero-order valence-electron chi connectivity index (χ0n) is 9.59. The van der Waals surface area contributed by atoms with Gasteiger partial charge >= 0.3 is 6.09 Å². The van der Waals surface area contributed by atoms with Gasteiger partial charge in [0.1, 0.15) is 18.2 Å². The summed E-state index contributed by atoms with van der Waals surface area (Å²) in [4.78, 5) is 11.2. The molecule has 5 heteroatoms. The monoisotopic (exact) mass is 241 g/mol. The number of hydrogen-bond donors (Lipinski definition) is 1. The third-order valence-electron chi connectivity index (χ3n) is 2.91. The number of carbonyl (C=O) groups excluding carboxylic acids is 1. The minimum absolute atomic E-state index is 0.117. The van der Waals surface area contributed by atoms with Crippen molar-refractivity contribution in [2.75, 3.05) is 6.61 Å². The van der Waals surface area contributed by atoms with Crippen LogP contribution >= 0.6 is 0 Å². The number of alkyl carbamates (subject to hydrolysis) is 1. The molecule has 1 fully saturated rings. The number of amides is 1. The summed E-state index contributed by atoms with van der Waals surface area (Å²) in [5.41, 5.74) is -0.689. The summed E-state index contributed by atoms with van der Waals surface area (Å²) in [6.07, 6.45) is -0.656. The third kappa shape index (κ3) is 2.09. The van der Waals surface area contributed by atoms with E-state index in [1.54, 1.807) is 13.8 Å². The Morgan fingerprint density at radius 3 is 2.53 bits per heavy atom. The highest BCUT2D eigenvalue weighted by molar-refractivity contribution is 5.69. The smallest absolute Gasteiger partial charge is 0.407 e. The Hall–Kier alpha value is -1.65. The van der Waals surface area contributed by atoms with E-state index in [1.165, 1.54) is 18.2 Å². The van der Waals surface area contributed by atoms with E-state index in [0.29, 0.717) is 0 Å². The molecule has 0 aliphatic carbocycles. The fraction of sp³-hybridized carbons (Fsp3) is 0.417. The lowest BCUT2D eigenvalue weighted by Crippen LogP contribution is -2.47. The molecule has 1 aromatic carbocycles. The van der Waals surface area contributed by atoms with Crippen LogP contribution in [0, 0.1) is 17.0 Å². The van der Waals surface area contributed by atoms with Gasteiger partial charge in [-0.3, -0.25) is 0 Å². The molecule has 3 nitrogen and oxygen atoms in total. The average molecular weight is 241 g/mol. The van der Waals surface area contributed by atoms with Crippen LogP contribution in [0.4, 0.5) is 13.6 Å². The zero-order chi connectivity index (χ0) is 12.6. The van der Waals surface area contributed by atoms with Crippen LogP contribution < -0.4 is 5.32 Å². The molecule has 1 aliphatic rings. The topological polar surface area (TPSA) is 38.3 Å². The van der Waals surface area contributed by atoms with Crippen LogP contribution in [0.15, 0.2) is 18.2 Å². The van der Waals surface area contributed by atoms with Crippen LogP contribution in [0.5, 0.6) is 0 Å². The quantitative estimate of drug-likeness (QED) is 0.821. The Kier molecular flexibility index (Phi) is 2.77. The highest BCUT2D eigenvalue weighted by atomic mass is 19.1. The molecule has 0 aromatic heterocycles. The fourth-order valence-corrected chi connectivity index (χ4v) is 1.94. The number of rotatable bonds is 1. The summed E-state index contributed by atoms with van der Waals surface area (Å²) in [6.45, 7) is 3.68. The summed E-state index contributed by atoms with van der Waals surface area (Å²) in [6, 6.07) is 2.92. The predicted molar refractivity (Wildman–Crippen MR) is 57.4 cm³/mol. The number of nitrogens with one attached hydrogen (secondary N) is 1. The van der Waals surface area contributed by atoms with Gasteiger partial charge in [-0.15, -0.1) is 0 Å². The Morgan fingerprint density at radius 1 is 1.35 bits per heavy atom. The summed E-state index contributed by atoms with van der Waals surface area (Å²) < 4.78 is 32.2. The van der Waals surface area contributed by atoms with Crippen molar-refractivity contribution < 1.29 is 18.3 Å². The van der Waals surface area contributed by atoms with Gasteiger partial charge in [0.25, 0.3) is 0 Å². The molecule has 92 valence electrons. The molecule has 1 N–H and O–H groups in total. The zero-order valence-corrected chi connectivity index (χ0v) is 9.59. The molecule has 0 bridgehead atoms. The van der Waals surface area contributed by atoms with E-state index in [-0.39, 0.29) is 12.2 Å². The molecular weight excluding hydrogens is 228 g/mol. The molecule has 1 aromatic rings. The number of hydrogen-bond acceptors (Lipinski definition) is 2. The third-order valence-corrected chi connectivity index (χ3v) is 2.91. The molecule has 0 unspecified atom stereocenters. The van der Waals surface area contributed by atoms with Gasteiger partial charge in [-0.25, -0.2) is 13.6 Å². The van der Waals surface area contributed by atoms with E-state index < -0.39 is 29.2 Å². The van der Waals surface area contributed by atoms with Crippen LogP contribution in [0.25, 0.3) is 0 Å². The Bertz CT molecular complexity index is 440. The van der Waals surface area contributed by atoms with Crippen molar-refractivity contribution in [2.45, 2.75) is 19.9 Å². The first kappa shape index (κ1) is 11.8. The first-order chi connectivity index (χ1) is 7.92. The Balaban J connectivity index is 2.46. The molecule has 1 amide bonds. The minimum Gasteiger partial charge on any atom is -0.449 e. The lowest BCUT2D eigenvalue weighted by atomic mass is 9.80. The molecule has 0 saturated carbocycles. The maximum atomic E-state index is 13.7. The standard InChI is InChI=1S/C12H13F2NO2/c1-12(2)6-17-11(16)15-10(12)9-7(13)4-3-5-8(9)14/h3-5,10H,6H2,1-2H3,(H,15,16)/t10-/m0/s1. The van der Waals surface area contributed by atoms with Crippen molar-refractivity contribution in [2.24, 2.45) is 5.41 Å². The van der Waals surface area contributed by atoms with Gasteiger partial charge in [0.05, 0.1) is 6.04 Å². The molecule has 2 rings (SSSR count). The molecule has 1 heterocycles. The van der Waals surface area contributed by atoms with Crippen molar-refractivity contribution in [3.8, 4) is 0 Å².